The van der Waals surface area contributed by atoms with Gasteiger partial charge in [-0.2, -0.15) is 0 Å². The monoisotopic (exact) mass is 660 g/mol. The van der Waals surface area contributed by atoms with Crippen LogP contribution in [0.5, 0.6) is 0 Å². The minimum absolute atomic E-state index is 0. The van der Waals surface area contributed by atoms with E-state index < -0.39 is 25.8 Å². The molecule has 198 valence electrons. The van der Waals surface area contributed by atoms with Crippen molar-refractivity contribution in [3.63, 3.8) is 0 Å². The van der Waals surface area contributed by atoms with Crippen LogP contribution < -0.4 is 35.2 Å². The number of hydrogen-bond donors (Lipinski definition) is 0. The summed E-state index contributed by atoms with van der Waals surface area (Å²) in [5.41, 5.74) is 3.09. The van der Waals surface area contributed by atoms with Gasteiger partial charge >= 0.3 is 232 Å². The Balaban J connectivity index is 0.00000185. The van der Waals surface area contributed by atoms with Crippen molar-refractivity contribution in [2.75, 3.05) is 0 Å². The standard InChI is InChI=1S/C12H10Si.2C11H8F.2ClH.Zr/c1-3-7-11(8-4-1)13-12-9-5-2-6-10-12;2*12-11-7-3-6-10(8-11)9-4-1-2-5-9;;;/h1-10H;2*1,3-4,6-8H,2H2;2*1H;/q;;;;;+2/p-2. The fourth-order valence-corrected chi connectivity index (χ4v) is 26.9. The molecule has 0 saturated carbocycles. The van der Waals surface area contributed by atoms with Crippen LogP contribution in [0, 0.1) is 11.6 Å². The molecule has 2 aliphatic rings. The first-order valence-corrected chi connectivity index (χ1v) is 20.5. The fourth-order valence-electron chi connectivity index (χ4n) is 5.49. The van der Waals surface area contributed by atoms with E-state index in [-0.39, 0.29) is 36.4 Å². The van der Waals surface area contributed by atoms with Gasteiger partial charge in [0.2, 0.25) is 0 Å². The summed E-state index contributed by atoms with van der Waals surface area (Å²) in [5.74, 6) is -0.419. The van der Waals surface area contributed by atoms with E-state index in [2.05, 4.69) is 85.0 Å². The molecule has 0 N–H and O–H groups in total. The number of hydrogen-bond acceptors (Lipinski definition) is 0. The van der Waals surface area contributed by atoms with Crippen LogP contribution in [-0.2, 0) is 20.4 Å². The first kappa shape index (κ1) is 30.3. The summed E-state index contributed by atoms with van der Waals surface area (Å²) in [7, 11) is 0. The van der Waals surface area contributed by atoms with E-state index in [4.69, 9.17) is 0 Å². The van der Waals surface area contributed by atoms with Gasteiger partial charge in [0, 0.05) is 0 Å². The summed E-state index contributed by atoms with van der Waals surface area (Å²) < 4.78 is 31.8. The van der Waals surface area contributed by atoms with Crippen molar-refractivity contribution >= 4 is 27.0 Å². The van der Waals surface area contributed by atoms with E-state index in [9.17, 15) is 8.78 Å². The van der Waals surface area contributed by atoms with Crippen LogP contribution in [0.1, 0.15) is 24.0 Å². The SMILES string of the molecule is Fc1cccc(C2=[C]([Zr+2]([C]3=C(c4cccc(F)c4)C=CC3)=[Si](c3ccccc3)c3ccccc3)CC=C2)c1.[Cl-].[Cl-]. The van der Waals surface area contributed by atoms with Gasteiger partial charge in [-0.25, -0.2) is 0 Å². The van der Waals surface area contributed by atoms with E-state index in [1.54, 1.807) is 24.3 Å². The molecule has 0 aliphatic heterocycles. The summed E-state index contributed by atoms with van der Waals surface area (Å²) in [6, 6.07) is 35.9. The number of rotatable bonds is 6. The normalized spacial score (nSPS) is 13.5. The van der Waals surface area contributed by atoms with E-state index in [0.29, 0.717) is 0 Å². The Bertz CT molecular complexity index is 1550. The van der Waals surface area contributed by atoms with Crippen molar-refractivity contribution in [2.45, 2.75) is 12.8 Å². The molecule has 0 amide bonds. The minimum atomic E-state index is -2.74. The van der Waals surface area contributed by atoms with Crippen molar-refractivity contribution in [2.24, 2.45) is 0 Å². The third-order valence-electron chi connectivity index (χ3n) is 7.11. The maximum atomic E-state index is 14.4. The largest absolute Gasteiger partial charge is 1.00 e. The first-order chi connectivity index (χ1) is 18.7. The molecule has 0 aromatic heterocycles. The van der Waals surface area contributed by atoms with Crippen molar-refractivity contribution in [3.05, 3.63) is 163 Å². The molecule has 0 atom stereocenters. The third kappa shape index (κ3) is 6.31. The zero-order valence-corrected chi connectivity index (χ0v) is 26.6. The molecule has 0 fully saturated rings. The van der Waals surface area contributed by atoms with Gasteiger partial charge in [0.05, 0.1) is 0 Å². The van der Waals surface area contributed by atoms with Crippen LogP contribution in [0.25, 0.3) is 11.1 Å². The van der Waals surface area contributed by atoms with Gasteiger partial charge in [0.25, 0.3) is 0 Å². The fraction of sp³-hybridized carbons (Fsp3) is 0.0588. The Labute approximate surface area is 254 Å². The number of allylic oxidation sites excluding steroid dienone is 8. The molecule has 40 heavy (non-hydrogen) atoms. The van der Waals surface area contributed by atoms with Gasteiger partial charge in [-0.1, -0.05) is 0 Å². The predicted molar refractivity (Wildman–Crippen MR) is 152 cm³/mol. The van der Waals surface area contributed by atoms with Gasteiger partial charge in [0.1, 0.15) is 0 Å². The number of benzene rings is 4. The Hall–Kier alpha value is -2.62. The second kappa shape index (κ2) is 13.8. The van der Waals surface area contributed by atoms with Crippen LogP contribution in [0.2, 0.25) is 0 Å². The summed E-state index contributed by atoms with van der Waals surface area (Å²) in [6.07, 6.45) is 10.7. The zero-order chi connectivity index (χ0) is 25.9. The Morgan fingerprint density at radius 3 is 1.35 bits per heavy atom. The van der Waals surface area contributed by atoms with Gasteiger partial charge in [-0.15, -0.1) is 0 Å². The molecule has 0 heterocycles. The minimum Gasteiger partial charge on any atom is -1.00 e. The summed E-state index contributed by atoms with van der Waals surface area (Å²) >= 11 is -2.74. The predicted octanol–water partition coefficient (Wildman–Crippen LogP) is 1.44. The van der Waals surface area contributed by atoms with Crippen molar-refractivity contribution in [1.82, 2.24) is 0 Å². The molecule has 0 nitrogen and oxygen atoms in total. The van der Waals surface area contributed by atoms with Crippen molar-refractivity contribution in [1.29, 1.82) is 0 Å². The van der Waals surface area contributed by atoms with Gasteiger partial charge in [-0.05, 0) is 0 Å². The molecular formula is C34H26Cl2F2SiZr. The molecule has 2 aliphatic carbocycles. The summed E-state index contributed by atoms with van der Waals surface area (Å²) in [5, 5.41) is 2.82. The molecule has 0 saturated heterocycles. The van der Waals surface area contributed by atoms with Crippen LogP contribution in [0.4, 0.5) is 8.78 Å². The van der Waals surface area contributed by atoms with Gasteiger partial charge in [-0.3, -0.25) is 0 Å². The van der Waals surface area contributed by atoms with Crippen LogP contribution in [0.15, 0.2) is 140 Å². The average Bonchev–Trinajstić information content (AvgIpc) is 3.63. The second-order valence-corrected chi connectivity index (χ2v) is 22.9. The zero-order valence-electron chi connectivity index (χ0n) is 21.6. The molecule has 0 radical (unpaired) electrons. The number of halogens is 4. The van der Waals surface area contributed by atoms with E-state index in [1.807, 2.05) is 12.1 Å². The molecular weight excluding hydrogens is 637 g/mol. The maximum absolute atomic E-state index is 14.4. The van der Waals surface area contributed by atoms with Crippen molar-refractivity contribution in [3.8, 4) is 0 Å². The van der Waals surface area contributed by atoms with Gasteiger partial charge in [0.15, 0.2) is 0 Å². The third-order valence-corrected chi connectivity index (χ3v) is 26.2. The maximum Gasteiger partial charge on any atom is -1.00 e. The first-order valence-electron chi connectivity index (χ1n) is 12.9. The van der Waals surface area contributed by atoms with E-state index in [0.717, 1.165) is 24.0 Å². The van der Waals surface area contributed by atoms with Gasteiger partial charge < -0.3 is 24.8 Å². The molecule has 6 heteroatoms. The molecule has 4 aromatic carbocycles. The molecule has 0 bridgehead atoms. The van der Waals surface area contributed by atoms with Crippen LogP contribution in [0.3, 0.4) is 0 Å². The van der Waals surface area contributed by atoms with Crippen molar-refractivity contribution < 1.29 is 54.0 Å². The Kier molecular flexibility index (Phi) is 10.5. The quantitative estimate of drug-likeness (QED) is 0.275. The average molecular weight is 663 g/mol. The smallest absolute Gasteiger partial charge is 1.00 e. The summed E-state index contributed by atoms with van der Waals surface area (Å²) in [4.78, 5) is 0. The molecule has 0 unspecified atom stereocenters. The topological polar surface area (TPSA) is 0 Å². The second-order valence-electron chi connectivity index (χ2n) is 9.50. The Morgan fingerprint density at radius 1 is 0.525 bits per heavy atom. The summed E-state index contributed by atoms with van der Waals surface area (Å²) in [6.45, 7) is 0. The molecule has 6 rings (SSSR count). The van der Waals surface area contributed by atoms with Crippen LogP contribution >= 0.6 is 0 Å². The Morgan fingerprint density at radius 2 is 0.950 bits per heavy atom. The van der Waals surface area contributed by atoms with E-state index in [1.165, 1.54) is 40.2 Å². The van der Waals surface area contributed by atoms with Crippen LogP contribution in [-0.4, -0.2) is 5.43 Å². The molecule has 4 aromatic rings. The molecule has 0 spiro atoms. The van der Waals surface area contributed by atoms with E-state index >= 15 is 0 Å².